The summed E-state index contributed by atoms with van der Waals surface area (Å²) in [4.78, 5) is 23.2. The molecule has 1 saturated heterocycles. The number of hydrogen-bond donors (Lipinski definition) is 2. The summed E-state index contributed by atoms with van der Waals surface area (Å²) in [5.41, 5.74) is 3.16. The Balaban J connectivity index is 1.45. The number of fused-ring (bicyclic) bond motifs is 1. The van der Waals surface area contributed by atoms with Gasteiger partial charge in [0.05, 0.1) is 6.61 Å². The van der Waals surface area contributed by atoms with E-state index in [9.17, 15) is 4.79 Å². The third kappa shape index (κ3) is 4.19. The lowest BCUT2D eigenvalue weighted by atomic mass is 10.0. The van der Waals surface area contributed by atoms with Crippen LogP contribution in [0, 0.1) is 13.8 Å². The summed E-state index contributed by atoms with van der Waals surface area (Å²) in [7, 11) is 1.60. The van der Waals surface area contributed by atoms with Gasteiger partial charge in [0.2, 0.25) is 5.82 Å². The van der Waals surface area contributed by atoms with Crippen LogP contribution in [0.25, 0.3) is 0 Å². The van der Waals surface area contributed by atoms with Crippen molar-refractivity contribution < 1.29 is 9.53 Å². The van der Waals surface area contributed by atoms with Gasteiger partial charge < -0.3 is 20.3 Å². The largest absolute Gasteiger partial charge is 0.493 e. The first-order valence-corrected chi connectivity index (χ1v) is 10.3. The fourth-order valence-corrected chi connectivity index (χ4v) is 4.19. The highest BCUT2D eigenvalue weighted by Gasteiger charge is 2.29. The molecule has 2 aromatic rings. The number of benzene rings is 1. The van der Waals surface area contributed by atoms with E-state index in [2.05, 4.69) is 43.7 Å². The van der Waals surface area contributed by atoms with Crippen LogP contribution < -0.4 is 20.3 Å². The number of aromatic nitrogens is 2. The number of ether oxygens (including phenoxy) is 1. The van der Waals surface area contributed by atoms with Gasteiger partial charge in [-0.1, -0.05) is 18.2 Å². The standard InChI is InChI=1S/C22H29N5O2/c1-14-15(2)24-20(22(28)23-3)26-21(14)27-10-8-18(13-27)25-17-9-11-29-19-7-5-4-6-16(19)12-17/h4-7,17-18,25H,8-13H2,1-3H3,(H,23,28)/t17?,18-/m1/s1. The van der Waals surface area contributed by atoms with E-state index in [-0.39, 0.29) is 11.7 Å². The molecule has 1 aromatic heterocycles. The topological polar surface area (TPSA) is 79.4 Å². The normalized spacial score (nSPS) is 21.3. The zero-order valence-corrected chi connectivity index (χ0v) is 17.4. The SMILES string of the molecule is CNC(=O)c1nc(C)c(C)c(N2CC[C@@H](NC3CCOc4ccccc4C3)C2)n1. The summed E-state index contributed by atoms with van der Waals surface area (Å²) < 4.78 is 5.90. The number of para-hydroxylation sites is 1. The molecule has 154 valence electrons. The number of hydrogen-bond acceptors (Lipinski definition) is 6. The lowest BCUT2D eigenvalue weighted by Gasteiger charge is -2.23. The molecule has 0 radical (unpaired) electrons. The van der Waals surface area contributed by atoms with Crippen LogP contribution in [-0.2, 0) is 6.42 Å². The van der Waals surface area contributed by atoms with Crippen LogP contribution in [-0.4, -0.2) is 54.7 Å². The van der Waals surface area contributed by atoms with Gasteiger partial charge in [-0.15, -0.1) is 0 Å². The Morgan fingerprint density at radius 3 is 2.83 bits per heavy atom. The second-order valence-corrected chi connectivity index (χ2v) is 7.90. The number of amides is 1. The number of carbonyl (C=O) groups excluding carboxylic acids is 1. The molecule has 0 saturated carbocycles. The van der Waals surface area contributed by atoms with Gasteiger partial charge in [-0.25, -0.2) is 9.97 Å². The number of nitrogens with one attached hydrogen (secondary N) is 2. The van der Waals surface area contributed by atoms with Crippen LogP contribution in [0.4, 0.5) is 5.82 Å². The quantitative estimate of drug-likeness (QED) is 0.825. The molecule has 3 heterocycles. The van der Waals surface area contributed by atoms with E-state index in [4.69, 9.17) is 4.74 Å². The second-order valence-electron chi connectivity index (χ2n) is 7.90. The predicted octanol–water partition coefficient (Wildman–Crippen LogP) is 2.02. The Labute approximate surface area is 171 Å². The number of carbonyl (C=O) groups is 1. The molecule has 2 aliphatic heterocycles. The van der Waals surface area contributed by atoms with Gasteiger partial charge in [0, 0.05) is 43.5 Å². The van der Waals surface area contributed by atoms with Crippen molar-refractivity contribution in [2.75, 3.05) is 31.6 Å². The highest BCUT2D eigenvalue weighted by Crippen LogP contribution is 2.26. The fourth-order valence-electron chi connectivity index (χ4n) is 4.19. The number of nitrogens with zero attached hydrogens (tertiary/aromatic N) is 3. The van der Waals surface area contributed by atoms with Crippen LogP contribution in [0.3, 0.4) is 0 Å². The third-order valence-electron chi connectivity index (χ3n) is 5.92. The molecule has 1 amide bonds. The molecule has 29 heavy (non-hydrogen) atoms. The van der Waals surface area contributed by atoms with Crippen molar-refractivity contribution in [1.82, 2.24) is 20.6 Å². The molecule has 0 spiro atoms. The average Bonchev–Trinajstić information content (AvgIpc) is 3.08. The Hall–Kier alpha value is -2.67. The molecule has 1 aromatic carbocycles. The van der Waals surface area contributed by atoms with Crippen LogP contribution in [0.1, 0.15) is 40.3 Å². The molecule has 4 rings (SSSR count). The van der Waals surface area contributed by atoms with Crippen LogP contribution >= 0.6 is 0 Å². The Bertz CT molecular complexity index is 901. The number of rotatable bonds is 4. The van der Waals surface area contributed by atoms with Gasteiger partial charge >= 0.3 is 0 Å². The van der Waals surface area contributed by atoms with Gasteiger partial charge in [-0.3, -0.25) is 4.79 Å². The fraction of sp³-hybridized carbons (Fsp3) is 0.500. The monoisotopic (exact) mass is 395 g/mol. The van der Waals surface area contributed by atoms with Crippen LogP contribution in [0.5, 0.6) is 5.75 Å². The van der Waals surface area contributed by atoms with Gasteiger partial charge in [0.1, 0.15) is 11.6 Å². The van der Waals surface area contributed by atoms with E-state index in [1.54, 1.807) is 7.05 Å². The van der Waals surface area contributed by atoms with Gasteiger partial charge in [0.15, 0.2) is 0 Å². The first-order valence-electron chi connectivity index (χ1n) is 10.3. The molecule has 7 nitrogen and oxygen atoms in total. The minimum atomic E-state index is -0.250. The molecule has 2 aliphatic rings. The summed E-state index contributed by atoms with van der Waals surface area (Å²) in [6.45, 7) is 6.50. The molecule has 1 fully saturated rings. The number of aryl methyl sites for hydroxylation is 1. The maximum Gasteiger partial charge on any atom is 0.288 e. The van der Waals surface area contributed by atoms with Crippen molar-refractivity contribution in [2.45, 2.75) is 45.2 Å². The Kier molecular flexibility index (Phi) is 5.67. The van der Waals surface area contributed by atoms with Gasteiger partial charge in [0.25, 0.3) is 5.91 Å². The summed E-state index contributed by atoms with van der Waals surface area (Å²) >= 11 is 0. The highest BCUT2D eigenvalue weighted by atomic mass is 16.5. The molecule has 0 aliphatic carbocycles. The lowest BCUT2D eigenvalue weighted by molar-refractivity contribution is 0.0952. The van der Waals surface area contributed by atoms with E-state index in [1.807, 2.05) is 19.9 Å². The predicted molar refractivity (Wildman–Crippen MR) is 113 cm³/mol. The highest BCUT2D eigenvalue weighted by molar-refractivity contribution is 5.90. The number of anilines is 1. The van der Waals surface area contributed by atoms with Crippen LogP contribution in [0.15, 0.2) is 24.3 Å². The van der Waals surface area contributed by atoms with Crippen molar-refractivity contribution in [3.8, 4) is 5.75 Å². The van der Waals surface area contributed by atoms with E-state index < -0.39 is 0 Å². The van der Waals surface area contributed by atoms with Crippen molar-refractivity contribution in [2.24, 2.45) is 0 Å². The molecule has 2 atom stereocenters. The summed E-state index contributed by atoms with van der Waals surface area (Å²) in [5, 5.41) is 6.45. The molecule has 7 heteroatoms. The molecule has 0 bridgehead atoms. The average molecular weight is 396 g/mol. The van der Waals surface area contributed by atoms with E-state index in [1.165, 1.54) is 5.56 Å². The van der Waals surface area contributed by atoms with E-state index in [0.717, 1.165) is 61.8 Å². The van der Waals surface area contributed by atoms with Gasteiger partial charge in [-0.05, 0) is 44.7 Å². The van der Waals surface area contributed by atoms with Crippen molar-refractivity contribution in [3.63, 3.8) is 0 Å². The Morgan fingerprint density at radius 1 is 1.17 bits per heavy atom. The smallest absolute Gasteiger partial charge is 0.288 e. The minimum absolute atomic E-state index is 0.236. The maximum absolute atomic E-state index is 12.0. The molecular formula is C22H29N5O2. The van der Waals surface area contributed by atoms with Crippen molar-refractivity contribution in [3.05, 3.63) is 46.9 Å². The summed E-state index contributed by atoms with van der Waals surface area (Å²) in [6.07, 6.45) is 3.04. The molecule has 1 unspecified atom stereocenters. The van der Waals surface area contributed by atoms with Crippen molar-refractivity contribution >= 4 is 11.7 Å². The first-order chi connectivity index (χ1) is 14.0. The minimum Gasteiger partial charge on any atom is -0.493 e. The zero-order valence-electron chi connectivity index (χ0n) is 17.4. The van der Waals surface area contributed by atoms with E-state index in [0.29, 0.717) is 12.1 Å². The van der Waals surface area contributed by atoms with Gasteiger partial charge in [-0.2, -0.15) is 0 Å². The summed E-state index contributed by atoms with van der Waals surface area (Å²) in [6, 6.07) is 9.11. The third-order valence-corrected chi connectivity index (χ3v) is 5.92. The van der Waals surface area contributed by atoms with Crippen molar-refractivity contribution in [1.29, 1.82) is 0 Å². The van der Waals surface area contributed by atoms with E-state index >= 15 is 0 Å². The summed E-state index contributed by atoms with van der Waals surface area (Å²) in [5.74, 6) is 1.87. The Morgan fingerprint density at radius 2 is 2.00 bits per heavy atom. The lowest BCUT2D eigenvalue weighted by Crippen LogP contribution is -2.41. The zero-order chi connectivity index (χ0) is 20.4. The van der Waals surface area contributed by atoms with Crippen LogP contribution in [0.2, 0.25) is 0 Å². The molecular weight excluding hydrogens is 366 g/mol. The maximum atomic E-state index is 12.0. The first kappa shape index (κ1) is 19.6. The second kappa shape index (κ2) is 8.37. The molecule has 2 N–H and O–H groups in total.